The molecule has 2 fully saturated rings. The van der Waals surface area contributed by atoms with E-state index in [1.54, 1.807) is 4.90 Å². The average molecular weight is 403 g/mol. The van der Waals surface area contributed by atoms with Crippen LogP contribution in [0.2, 0.25) is 0 Å². The molecule has 0 saturated carbocycles. The van der Waals surface area contributed by atoms with Crippen molar-refractivity contribution in [2.45, 2.75) is 39.8 Å². The van der Waals surface area contributed by atoms with E-state index in [-0.39, 0.29) is 6.04 Å². The highest BCUT2D eigenvalue weighted by molar-refractivity contribution is 7.18. The number of likely N-dealkylation sites (tertiary alicyclic amines) is 1. The highest BCUT2D eigenvalue weighted by atomic mass is 32.1. The third-order valence-corrected chi connectivity index (χ3v) is 7.54. The predicted molar refractivity (Wildman–Crippen MR) is 114 cm³/mol. The van der Waals surface area contributed by atoms with Crippen molar-refractivity contribution in [2.24, 2.45) is 11.8 Å². The molecule has 2 N–H and O–H groups in total. The first-order valence-electron chi connectivity index (χ1n) is 10.8. The third-order valence-electron chi connectivity index (χ3n) is 6.50. The number of nitrogens with one attached hydrogen (secondary N) is 2. The Bertz CT molecular complexity index is 771. The van der Waals surface area contributed by atoms with Gasteiger partial charge in [0.05, 0.1) is 10.2 Å². The van der Waals surface area contributed by atoms with Gasteiger partial charge in [-0.1, -0.05) is 26.0 Å². The Kier molecular flexibility index (Phi) is 5.99. The smallest absolute Gasteiger partial charge is 0.280 e. The summed E-state index contributed by atoms with van der Waals surface area (Å²) >= 11 is 1.82. The van der Waals surface area contributed by atoms with E-state index >= 15 is 0 Å². The fourth-order valence-corrected chi connectivity index (χ4v) is 6.07. The molecule has 0 aliphatic carbocycles. The number of piperidine rings is 1. The van der Waals surface area contributed by atoms with Gasteiger partial charge in [0.15, 0.2) is 6.04 Å². The van der Waals surface area contributed by atoms with Crippen LogP contribution in [0.3, 0.4) is 0 Å². The van der Waals surface area contributed by atoms with E-state index in [1.165, 1.54) is 21.0 Å². The number of carbonyl (C=O) groups is 1. The number of rotatable bonds is 4. The predicted octanol–water partition coefficient (Wildman–Crippen LogP) is 0.473. The minimum absolute atomic E-state index is 0.0847. The van der Waals surface area contributed by atoms with E-state index in [2.05, 4.69) is 49.9 Å². The second kappa shape index (κ2) is 8.47. The fraction of sp³-hybridized carbons (Fsp3) is 0.636. The molecule has 2 saturated heterocycles. The zero-order valence-electron chi connectivity index (χ0n) is 17.4. The van der Waals surface area contributed by atoms with Gasteiger partial charge in [-0.05, 0) is 37.3 Å². The van der Waals surface area contributed by atoms with Gasteiger partial charge in [0.1, 0.15) is 37.7 Å². The Labute approximate surface area is 172 Å². The number of piperazine rings is 1. The topological polar surface area (TPSA) is 42.1 Å². The Morgan fingerprint density at radius 3 is 2.54 bits per heavy atom. The second-order valence-corrected chi connectivity index (χ2v) is 10.2. The van der Waals surface area contributed by atoms with Crippen LogP contribution < -0.4 is 9.80 Å². The maximum Gasteiger partial charge on any atom is 0.280 e. The van der Waals surface area contributed by atoms with Crippen LogP contribution in [0, 0.1) is 11.8 Å². The zero-order chi connectivity index (χ0) is 19.7. The Hall–Kier alpha value is -1.50. The zero-order valence-corrected chi connectivity index (χ0v) is 18.2. The normalized spacial score (nSPS) is 29.8. The van der Waals surface area contributed by atoms with E-state index < -0.39 is 0 Å². The molecule has 2 aliphatic rings. The van der Waals surface area contributed by atoms with Crippen molar-refractivity contribution in [3.05, 3.63) is 29.3 Å². The summed E-state index contributed by atoms with van der Waals surface area (Å²) in [4.78, 5) is 23.0. The molecule has 3 heterocycles. The average Bonchev–Trinajstić information content (AvgIpc) is 3.09. The van der Waals surface area contributed by atoms with Crippen LogP contribution in [0.1, 0.15) is 32.2 Å². The number of benzene rings is 1. The molecule has 0 unspecified atom stereocenters. The fourth-order valence-electron chi connectivity index (χ4n) is 5.04. The Morgan fingerprint density at radius 1 is 1.18 bits per heavy atom. The summed E-state index contributed by atoms with van der Waals surface area (Å²) in [5, 5.41) is 1.24. The molecule has 0 bridgehead atoms. The molecule has 3 atom stereocenters. The lowest BCUT2D eigenvalue weighted by Gasteiger charge is -2.38. The number of para-hydroxylation sites is 1. The van der Waals surface area contributed by atoms with Crippen LogP contribution in [0.15, 0.2) is 24.3 Å². The number of hydrogen-bond acceptors (Lipinski definition) is 3. The van der Waals surface area contributed by atoms with E-state index in [0.29, 0.717) is 17.7 Å². The molecule has 4 rings (SSSR count). The van der Waals surface area contributed by atoms with E-state index in [4.69, 9.17) is 4.98 Å². The Balaban J connectivity index is 1.30. The molecule has 2 aromatic rings. The highest BCUT2D eigenvalue weighted by Crippen LogP contribution is 2.22. The van der Waals surface area contributed by atoms with Gasteiger partial charge in [0, 0.05) is 13.1 Å². The van der Waals surface area contributed by atoms with Gasteiger partial charge in [-0.25, -0.2) is 4.98 Å². The summed E-state index contributed by atoms with van der Waals surface area (Å²) in [6.07, 6.45) is 1.25. The highest BCUT2D eigenvalue weighted by Gasteiger charge is 2.35. The van der Waals surface area contributed by atoms with Crippen LogP contribution in [0.25, 0.3) is 10.2 Å². The largest absolute Gasteiger partial charge is 0.337 e. The second-order valence-electron chi connectivity index (χ2n) is 9.07. The number of nitrogens with zero attached hydrogens (tertiary/aromatic N) is 2. The first-order chi connectivity index (χ1) is 13.5. The molecule has 1 aromatic carbocycles. The molecule has 1 amide bonds. The summed E-state index contributed by atoms with van der Waals surface area (Å²) in [6, 6.07) is 8.48. The lowest BCUT2D eigenvalue weighted by molar-refractivity contribution is -1.02. The van der Waals surface area contributed by atoms with Crippen molar-refractivity contribution in [2.75, 3.05) is 39.3 Å². The molecular formula is C22H34N4OS+2. The van der Waals surface area contributed by atoms with Gasteiger partial charge in [0.25, 0.3) is 5.91 Å². The molecule has 5 nitrogen and oxygen atoms in total. The van der Waals surface area contributed by atoms with Gasteiger partial charge < -0.3 is 14.7 Å². The minimum Gasteiger partial charge on any atom is -0.337 e. The number of fused-ring (bicyclic) bond motifs is 1. The molecule has 0 spiro atoms. The molecule has 152 valence electrons. The first kappa shape index (κ1) is 19.8. The van der Waals surface area contributed by atoms with Crippen LogP contribution in [0.4, 0.5) is 0 Å². The number of amides is 1. The molecular weight excluding hydrogens is 368 g/mol. The van der Waals surface area contributed by atoms with Crippen molar-refractivity contribution in [1.82, 2.24) is 9.88 Å². The third kappa shape index (κ3) is 4.39. The van der Waals surface area contributed by atoms with Crippen molar-refractivity contribution in [1.29, 1.82) is 0 Å². The van der Waals surface area contributed by atoms with E-state index in [0.717, 1.165) is 51.3 Å². The number of hydrogen-bond donors (Lipinski definition) is 2. The number of aromatic nitrogens is 1. The Morgan fingerprint density at radius 2 is 1.86 bits per heavy atom. The van der Waals surface area contributed by atoms with Crippen LogP contribution >= 0.6 is 11.3 Å². The summed E-state index contributed by atoms with van der Waals surface area (Å²) in [6.45, 7) is 14.0. The first-order valence-corrected chi connectivity index (χ1v) is 11.6. The number of quaternary nitrogens is 2. The quantitative estimate of drug-likeness (QED) is 0.781. The van der Waals surface area contributed by atoms with Crippen LogP contribution in [-0.4, -0.2) is 61.1 Å². The standard InChI is InChI=1S/C22H32N4OS/c1-16-12-17(2)14-26(13-16)22(27)18(3)25-10-8-24(9-11-25)15-21-23-19-6-4-5-7-20(19)28-21/h4-7,16-18H,8-15H2,1-3H3/p+2/t16-,17+,18-/m1/s1. The van der Waals surface area contributed by atoms with E-state index in [1.807, 2.05) is 11.3 Å². The van der Waals surface area contributed by atoms with Crippen molar-refractivity contribution >= 4 is 27.5 Å². The van der Waals surface area contributed by atoms with Crippen molar-refractivity contribution in [3.63, 3.8) is 0 Å². The van der Waals surface area contributed by atoms with Gasteiger partial charge >= 0.3 is 0 Å². The van der Waals surface area contributed by atoms with Gasteiger partial charge in [-0.3, -0.25) is 4.79 Å². The van der Waals surface area contributed by atoms with Gasteiger partial charge in [-0.15, -0.1) is 11.3 Å². The SMILES string of the molecule is C[C@@H]1C[C@H](C)CN(C(=O)[C@@H](C)[NH+]2CC[NH+](Cc3nc4ccccc4s3)CC2)C1. The molecule has 1 aromatic heterocycles. The number of thiazole rings is 1. The molecule has 28 heavy (non-hydrogen) atoms. The van der Waals surface area contributed by atoms with Crippen LogP contribution in [-0.2, 0) is 11.3 Å². The number of carbonyl (C=O) groups excluding carboxylic acids is 1. The summed E-state index contributed by atoms with van der Waals surface area (Å²) in [7, 11) is 0. The molecule has 2 aliphatic heterocycles. The van der Waals surface area contributed by atoms with Crippen molar-refractivity contribution in [3.8, 4) is 0 Å². The monoisotopic (exact) mass is 402 g/mol. The van der Waals surface area contributed by atoms with Gasteiger partial charge in [-0.2, -0.15) is 0 Å². The lowest BCUT2D eigenvalue weighted by atomic mass is 9.91. The van der Waals surface area contributed by atoms with Crippen molar-refractivity contribution < 1.29 is 14.6 Å². The summed E-state index contributed by atoms with van der Waals surface area (Å²) in [5.41, 5.74) is 1.12. The summed E-state index contributed by atoms with van der Waals surface area (Å²) in [5.74, 6) is 1.62. The van der Waals surface area contributed by atoms with E-state index in [9.17, 15) is 4.79 Å². The maximum absolute atomic E-state index is 13.1. The molecule has 6 heteroatoms. The molecule has 0 radical (unpaired) electrons. The minimum atomic E-state index is 0.0847. The lowest BCUT2D eigenvalue weighted by Crippen LogP contribution is -3.29. The van der Waals surface area contributed by atoms with Gasteiger partial charge in [0.2, 0.25) is 0 Å². The maximum atomic E-state index is 13.1. The van der Waals surface area contributed by atoms with Crippen LogP contribution in [0.5, 0.6) is 0 Å². The summed E-state index contributed by atoms with van der Waals surface area (Å²) < 4.78 is 1.28.